The third kappa shape index (κ3) is 3.16. The summed E-state index contributed by atoms with van der Waals surface area (Å²) in [6.45, 7) is 0. The molecule has 1 aromatic heterocycles. The summed E-state index contributed by atoms with van der Waals surface area (Å²) in [5.41, 5.74) is 1.27. The number of fused-ring (bicyclic) bond motifs is 1. The summed E-state index contributed by atoms with van der Waals surface area (Å²) >= 11 is 3.40. The molecule has 2 aromatic carbocycles. The predicted octanol–water partition coefficient (Wildman–Crippen LogP) is 2.97. The average Bonchev–Trinajstić information content (AvgIpc) is 2.60. The SMILES string of the molecule is Cn1c(=O)ccc2c(Br)c(NS(=O)(=O)c3ccc(C#N)cc3)ccc21. The summed E-state index contributed by atoms with van der Waals surface area (Å²) in [6, 6.07) is 13.9. The second-order valence-electron chi connectivity index (χ2n) is 5.33. The van der Waals surface area contributed by atoms with Gasteiger partial charge in [0.15, 0.2) is 0 Å². The van der Waals surface area contributed by atoms with Gasteiger partial charge in [0.25, 0.3) is 15.6 Å². The van der Waals surface area contributed by atoms with Crippen molar-refractivity contribution in [3.63, 3.8) is 0 Å². The Bertz CT molecular complexity index is 1180. The van der Waals surface area contributed by atoms with Gasteiger partial charge in [-0.25, -0.2) is 8.42 Å². The van der Waals surface area contributed by atoms with Crippen molar-refractivity contribution in [3.8, 4) is 6.07 Å². The molecule has 0 aliphatic rings. The van der Waals surface area contributed by atoms with Crippen molar-refractivity contribution >= 4 is 42.5 Å². The van der Waals surface area contributed by atoms with E-state index >= 15 is 0 Å². The molecule has 1 heterocycles. The fourth-order valence-corrected chi connectivity index (χ4v) is 4.18. The zero-order chi connectivity index (χ0) is 18.2. The number of rotatable bonds is 3. The van der Waals surface area contributed by atoms with Crippen LogP contribution >= 0.6 is 15.9 Å². The van der Waals surface area contributed by atoms with Crippen LogP contribution in [0.4, 0.5) is 5.69 Å². The average molecular weight is 418 g/mol. The quantitative estimate of drug-likeness (QED) is 0.708. The Morgan fingerprint density at radius 2 is 1.76 bits per heavy atom. The summed E-state index contributed by atoms with van der Waals surface area (Å²) in [7, 11) is -2.16. The van der Waals surface area contributed by atoms with Crippen LogP contribution in [0.1, 0.15) is 5.56 Å². The highest BCUT2D eigenvalue weighted by molar-refractivity contribution is 9.10. The maximum atomic E-state index is 12.5. The zero-order valence-electron chi connectivity index (χ0n) is 13.0. The minimum absolute atomic E-state index is 0.0546. The van der Waals surface area contributed by atoms with Gasteiger partial charge in [0.2, 0.25) is 0 Å². The Morgan fingerprint density at radius 1 is 1.08 bits per heavy atom. The van der Waals surface area contributed by atoms with Gasteiger partial charge in [0, 0.05) is 18.5 Å². The van der Waals surface area contributed by atoms with E-state index in [2.05, 4.69) is 20.7 Å². The van der Waals surface area contributed by atoms with Crippen LogP contribution in [0.3, 0.4) is 0 Å². The van der Waals surface area contributed by atoms with E-state index in [-0.39, 0.29) is 10.5 Å². The normalized spacial score (nSPS) is 11.2. The predicted molar refractivity (Wildman–Crippen MR) is 98.9 cm³/mol. The van der Waals surface area contributed by atoms with Gasteiger partial charge in [-0.3, -0.25) is 9.52 Å². The summed E-state index contributed by atoms with van der Waals surface area (Å²) in [5, 5.41) is 9.51. The molecule has 0 spiro atoms. The van der Waals surface area contributed by atoms with Crippen molar-refractivity contribution in [2.45, 2.75) is 4.90 Å². The third-order valence-electron chi connectivity index (χ3n) is 3.78. The first kappa shape index (κ1) is 17.2. The monoisotopic (exact) mass is 417 g/mol. The molecule has 6 nitrogen and oxygen atoms in total. The molecule has 25 heavy (non-hydrogen) atoms. The summed E-state index contributed by atoms with van der Waals surface area (Å²) in [5.74, 6) is 0. The Balaban J connectivity index is 2.05. The smallest absolute Gasteiger partial charge is 0.261 e. The van der Waals surface area contributed by atoms with E-state index in [0.717, 1.165) is 0 Å². The van der Waals surface area contributed by atoms with Crippen molar-refractivity contribution in [1.29, 1.82) is 5.26 Å². The highest BCUT2D eigenvalue weighted by Gasteiger charge is 2.17. The molecule has 1 N–H and O–H groups in total. The molecule has 3 rings (SSSR count). The molecule has 0 atom stereocenters. The maximum absolute atomic E-state index is 12.5. The minimum atomic E-state index is -3.81. The molecule has 0 bridgehead atoms. The van der Waals surface area contributed by atoms with E-state index < -0.39 is 10.0 Å². The summed E-state index contributed by atoms with van der Waals surface area (Å²) < 4.78 is 29.6. The fraction of sp³-hybridized carbons (Fsp3) is 0.0588. The Labute approximate surface area is 152 Å². The van der Waals surface area contributed by atoms with Gasteiger partial charge in [-0.2, -0.15) is 5.26 Å². The third-order valence-corrected chi connectivity index (χ3v) is 6.02. The first-order valence-electron chi connectivity index (χ1n) is 7.15. The number of nitrogens with zero attached hydrogens (tertiary/aromatic N) is 2. The van der Waals surface area contributed by atoms with Gasteiger partial charge in [-0.15, -0.1) is 0 Å². The van der Waals surface area contributed by atoms with Gasteiger partial charge >= 0.3 is 0 Å². The molecule has 0 unspecified atom stereocenters. The van der Waals surface area contributed by atoms with E-state index in [1.54, 1.807) is 25.2 Å². The zero-order valence-corrected chi connectivity index (χ0v) is 15.4. The number of hydrogen-bond donors (Lipinski definition) is 1. The lowest BCUT2D eigenvalue weighted by atomic mass is 10.2. The second kappa shape index (κ2) is 6.35. The Morgan fingerprint density at radius 3 is 2.40 bits per heavy atom. The number of hydrogen-bond acceptors (Lipinski definition) is 4. The van der Waals surface area contributed by atoms with Gasteiger partial charge in [0.05, 0.1) is 32.2 Å². The number of halogens is 1. The molecule has 3 aromatic rings. The van der Waals surface area contributed by atoms with Crippen LogP contribution in [0.25, 0.3) is 10.9 Å². The maximum Gasteiger partial charge on any atom is 0.261 e. The van der Waals surface area contributed by atoms with Crippen molar-refractivity contribution in [3.05, 3.63) is 68.9 Å². The molecule has 0 radical (unpaired) electrons. The topological polar surface area (TPSA) is 92.0 Å². The number of aromatic nitrogens is 1. The number of nitrogens with one attached hydrogen (secondary N) is 1. The van der Waals surface area contributed by atoms with Crippen molar-refractivity contribution in [1.82, 2.24) is 4.57 Å². The molecular formula is C17H12BrN3O3S. The van der Waals surface area contributed by atoms with E-state index in [9.17, 15) is 13.2 Å². The summed E-state index contributed by atoms with van der Waals surface area (Å²) in [6.07, 6.45) is 0. The minimum Gasteiger partial charge on any atom is -0.311 e. The summed E-state index contributed by atoms with van der Waals surface area (Å²) in [4.78, 5) is 11.8. The van der Waals surface area contributed by atoms with E-state index in [0.29, 0.717) is 26.6 Å². The fourth-order valence-electron chi connectivity index (χ4n) is 2.41. The molecule has 0 saturated carbocycles. The van der Waals surface area contributed by atoms with Gasteiger partial charge < -0.3 is 4.57 Å². The van der Waals surface area contributed by atoms with Gasteiger partial charge in [-0.1, -0.05) is 0 Å². The molecule has 8 heteroatoms. The molecule has 0 fully saturated rings. The highest BCUT2D eigenvalue weighted by atomic mass is 79.9. The van der Waals surface area contributed by atoms with Gasteiger partial charge in [0.1, 0.15) is 0 Å². The first-order chi connectivity index (χ1) is 11.8. The van der Waals surface area contributed by atoms with E-state index in [1.807, 2.05) is 6.07 Å². The lowest BCUT2D eigenvalue weighted by molar-refractivity contribution is 0.601. The lowest BCUT2D eigenvalue weighted by Gasteiger charge is -2.13. The Kier molecular flexibility index (Phi) is 4.37. The standard InChI is InChI=1S/C17H12BrN3O3S/c1-21-15-8-7-14(17(18)13(15)6-9-16(21)22)20-25(23,24)12-4-2-11(10-19)3-5-12/h2-9,20H,1H3. The van der Waals surface area contributed by atoms with Crippen LogP contribution in [0.2, 0.25) is 0 Å². The van der Waals surface area contributed by atoms with E-state index in [1.165, 1.54) is 34.9 Å². The number of anilines is 1. The number of pyridine rings is 1. The first-order valence-corrected chi connectivity index (χ1v) is 9.42. The van der Waals surface area contributed by atoms with Crippen LogP contribution in [0, 0.1) is 11.3 Å². The van der Waals surface area contributed by atoms with Crippen LogP contribution < -0.4 is 10.3 Å². The number of benzene rings is 2. The number of aryl methyl sites for hydroxylation is 1. The number of sulfonamides is 1. The van der Waals surface area contributed by atoms with E-state index in [4.69, 9.17) is 5.26 Å². The van der Waals surface area contributed by atoms with Crippen LogP contribution in [0.15, 0.2) is 62.7 Å². The van der Waals surface area contributed by atoms with Crippen molar-refractivity contribution < 1.29 is 8.42 Å². The largest absolute Gasteiger partial charge is 0.311 e. The molecule has 0 aliphatic heterocycles. The molecular weight excluding hydrogens is 406 g/mol. The van der Waals surface area contributed by atoms with Gasteiger partial charge in [-0.05, 0) is 58.4 Å². The van der Waals surface area contributed by atoms with Crippen molar-refractivity contribution in [2.75, 3.05) is 4.72 Å². The van der Waals surface area contributed by atoms with Crippen LogP contribution in [0.5, 0.6) is 0 Å². The molecule has 0 saturated heterocycles. The second-order valence-corrected chi connectivity index (χ2v) is 7.81. The van der Waals surface area contributed by atoms with Crippen LogP contribution in [-0.4, -0.2) is 13.0 Å². The highest BCUT2D eigenvalue weighted by Crippen LogP contribution is 2.32. The number of nitriles is 1. The molecule has 126 valence electrons. The molecule has 0 amide bonds. The molecule has 0 aliphatic carbocycles. The Hall–Kier alpha value is -2.63. The van der Waals surface area contributed by atoms with Crippen LogP contribution in [-0.2, 0) is 17.1 Å². The van der Waals surface area contributed by atoms with Crippen molar-refractivity contribution in [2.24, 2.45) is 7.05 Å². The lowest BCUT2D eigenvalue weighted by Crippen LogP contribution is -2.16.